The van der Waals surface area contributed by atoms with Crippen LogP contribution in [-0.2, 0) is 4.79 Å². The Bertz CT molecular complexity index is 2130. The van der Waals surface area contributed by atoms with E-state index in [4.69, 9.17) is 9.05 Å². The molecule has 2 aliphatic rings. The molecular formula is C37H42F2N8O3. The van der Waals surface area contributed by atoms with Gasteiger partial charge in [0.25, 0.3) is 11.9 Å². The summed E-state index contributed by atoms with van der Waals surface area (Å²) in [5, 5.41) is 18.8. The highest BCUT2D eigenvalue weighted by molar-refractivity contribution is 5.85. The van der Waals surface area contributed by atoms with Crippen molar-refractivity contribution in [3.8, 4) is 11.9 Å². The maximum Gasteiger partial charge on any atom is 0.291 e. The van der Waals surface area contributed by atoms with Crippen molar-refractivity contribution in [3.63, 3.8) is 0 Å². The van der Waals surface area contributed by atoms with Crippen molar-refractivity contribution in [2.24, 2.45) is 5.92 Å². The fourth-order valence-electron chi connectivity index (χ4n) is 7.09. The third-order valence-corrected chi connectivity index (χ3v) is 9.96. The van der Waals surface area contributed by atoms with Crippen LogP contribution in [-0.4, -0.2) is 45.6 Å². The summed E-state index contributed by atoms with van der Waals surface area (Å²) >= 11 is 0. The molecule has 6 aromatic rings. The lowest BCUT2D eigenvalue weighted by atomic mass is 9.83. The smallest absolute Gasteiger partial charge is 0.291 e. The van der Waals surface area contributed by atoms with Crippen LogP contribution in [0.5, 0.6) is 0 Å². The Kier molecular flexibility index (Phi) is 9.32. The van der Waals surface area contributed by atoms with E-state index in [1.54, 1.807) is 12.1 Å². The Morgan fingerprint density at radius 2 is 1.12 bits per heavy atom. The van der Waals surface area contributed by atoms with E-state index >= 15 is 0 Å². The number of fused-ring (bicyclic) bond motifs is 2. The minimum absolute atomic E-state index is 0.0789. The predicted octanol–water partition coefficient (Wildman–Crippen LogP) is 8.86. The second-order valence-electron chi connectivity index (χ2n) is 14.3. The number of carbonyl (C=O) groups is 1. The van der Waals surface area contributed by atoms with Crippen LogP contribution in [0.25, 0.3) is 33.7 Å². The number of hydrogen-bond donors (Lipinski definition) is 0. The van der Waals surface area contributed by atoms with Gasteiger partial charge >= 0.3 is 0 Å². The third kappa shape index (κ3) is 6.45. The summed E-state index contributed by atoms with van der Waals surface area (Å²) in [5.41, 5.74) is 2.41. The highest BCUT2D eigenvalue weighted by Crippen LogP contribution is 2.36. The second-order valence-corrected chi connectivity index (χ2v) is 14.3. The standard InChI is InChI=1S/C19H23FN4O.C18H19FN4O2/c1-11(2)16-14-5-4-6-15(20)17(14)24(22-16)19-21-18(25-23-19)13-9-7-12(3)8-10-13;1-10(2)15-13-4-3-5-14(19)16(13)23(21-15)18-20-17(25-22-18)11-6-8-12(24)9-7-11/h4-6,11-13H,7-10H2,1-3H3;3-5,10-11H,6-9H2,1-2H3. The zero-order valence-electron chi connectivity index (χ0n) is 29.1. The van der Waals surface area contributed by atoms with Crippen molar-refractivity contribution < 1.29 is 22.6 Å². The predicted molar refractivity (Wildman–Crippen MR) is 183 cm³/mol. The molecule has 4 heterocycles. The van der Waals surface area contributed by atoms with Gasteiger partial charge in [-0.15, -0.1) is 0 Å². The maximum atomic E-state index is 14.5. The average Bonchev–Trinajstić information content (AvgIpc) is 3.91. The summed E-state index contributed by atoms with van der Waals surface area (Å²) in [6.07, 6.45) is 7.00. The van der Waals surface area contributed by atoms with E-state index in [1.807, 2.05) is 39.8 Å². The highest BCUT2D eigenvalue weighted by atomic mass is 19.1. The molecule has 0 spiro atoms. The van der Waals surface area contributed by atoms with Gasteiger partial charge in [-0.1, -0.05) is 58.9 Å². The minimum Gasteiger partial charge on any atom is -0.337 e. The van der Waals surface area contributed by atoms with Gasteiger partial charge < -0.3 is 9.05 Å². The maximum absolute atomic E-state index is 14.5. The quantitative estimate of drug-likeness (QED) is 0.169. The van der Waals surface area contributed by atoms with Crippen LogP contribution in [0, 0.1) is 17.6 Å². The monoisotopic (exact) mass is 684 g/mol. The molecule has 50 heavy (non-hydrogen) atoms. The molecule has 0 N–H and O–H groups in total. The van der Waals surface area contributed by atoms with E-state index in [0.717, 1.165) is 40.9 Å². The zero-order chi connectivity index (χ0) is 35.1. The van der Waals surface area contributed by atoms with Crippen molar-refractivity contribution in [3.05, 3.63) is 71.2 Å². The molecule has 4 aromatic heterocycles. The lowest BCUT2D eigenvalue weighted by molar-refractivity contribution is -0.120. The van der Waals surface area contributed by atoms with E-state index in [2.05, 4.69) is 37.4 Å². The Morgan fingerprint density at radius 1 is 0.680 bits per heavy atom. The van der Waals surface area contributed by atoms with E-state index in [1.165, 1.54) is 34.3 Å². The number of carbonyl (C=O) groups excluding carboxylic acids is 1. The first-order valence-corrected chi connectivity index (χ1v) is 17.6. The molecule has 2 saturated carbocycles. The van der Waals surface area contributed by atoms with Crippen LogP contribution in [0.1, 0.15) is 133 Å². The number of ketones is 1. The molecule has 0 unspecified atom stereocenters. The lowest BCUT2D eigenvalue weighted by Crippen LogP contribution is -2.12. The van der Waals surface area contributed by atoms with Gasteiger partial charge in [0.15, 0.2) is 0 Å². The number of benzene rings is 2. The molecule has 2 aromatic carbocycles. The Balaban J connectivity index is 0.000000157. The summed E-state index contributed by atoms with van der Waals surface area (Å²) in [6.45, 7) is 10.4. The molecule has 0 amide bonds. The topological polar surface area (TPSA) is 131 Å². The number of Topliss-reactive ketones (excluding diaryl/α,β-unsaturated/α-hetero) is 1. The molecule has 262 valence electrons. The molecule has 2 aliphatic carbocycles. The van der Waals surface area contributed by atoms with Crippen LogP contribution < -0.4 is 0 Å². The first-order valence-electron chi connectivity index (χ1n) is 17.6. The largest absolute Gasteiger partial charge is 0.337 e. The normalized spacial score (nSPS) is 18.8. The zero-order valence-corrected chi connectivity index (χ0v) is 29.1. The number of halogens is 2. The Labute approximate surface area is 288 Å². The third-order valence-electron chi connectivity index (χ3n) is 9.96. The molecule has 8 rings (SSSR count). The molecule has 0 saturated heterocycles. The van der Waals surface area contributed by atoms with Crippen LogP contribution in [0.15, 0.2) is 45.4 Å². The first-order chi connectivity index (χ1) is 24.1. The van der Waals surface area contributed by atoms with Crippen LogP contribution >= 0.6 is 0 Å². The Hall–Kier alpha value is -4.81. The summed E-state index contributed by atoms with van der Waals surface area (Å²) < 4.78 is 42.7. The summed E-state index contributed by atoms with van der Waals surface area (Å²) in [7, 11) is 0. The highest BCUT2D eigenvalue weighted by Gasteiger charge is 2.28. The van der Waals surface area contributed by atoms with Crippen molar-refractivity contribution in [2.75, 3.05) is 0 Å². The fourth-order valence-corrected chi connectivity index (χ4v) is 7.09. The first kappa shape index (κ1) is 33.7. The molecule has 0 atom stereocenters. The van der Waals surface area contributed by atoms with E-state index < -0.39 is 0 Å². The number of hydrogen-bond acceptors (Lipinski definition) is 9. The van der Waals surface area contributed by atoms with Gasteiger partial charge in [0.1, 0.15) is 28.5 Å². The SMILES string of the molecule is CC(C)c1nn(-c2noc(C3CCC(=O)CC3)n2)c2c(F)cccc12.CC1CCC(c2nc(-n3nc(C(C)C)c4cccc(F)c43)no2)CC1. The molecule has 0 bridgehead atoms. The van der Waals surface area contributed by atoms with Gasteiger partial charge in [-0.3, -0.25) is 4.79 Å². The summed E-state index contributed by atoms with van der Waals surface area (Å²) in [5.74, 6) is 2.73. The van der Waals surface area contributed by atoms with Gasteiger partial charge in [-0.2, -0.15) is 29.5 Å². The Morgan fingerprint density at radius 3 is 1.56 bits per heavy atom. The van der Waals surface area contributed by atoms with Gasteiger partial charge in [-0.25, -0.2) is 8.78 Å². The minimum atomic E-state index is -0.369. The molecule has 0 aliphatic heterocycles. The second kappa shape index (κ2) is 13.8. The van der Waals surface area contributed by atoms with E-state index in [0.29, 0.717) is 60.4 Å². The molecule has 13 heteroatoms. The van der Waals surface area contributed by atoms with Crippen LogP contribution in [0.2, 0.25) is 0 Å². The summed E-state index contributed by atoms with van der Waals surface area (Å²) in [4.78, 5) is 20.4. The summed E-state index contributed by atoms with van der Waals surface area (Å²) in [6, 6.07) is 9.97. The molecule has 0 radical (unpaired) electrons. The van der Waals surface area contributed by atoms with E-state index in [-0.39, 0.29) is 41.1 Å². The average molecular weight is 685 g/mol. The van der Waals surface area contributed by atoms with Crippen LogP contribution in [0.4, 0.5) is 8.78 Å². The van der Waals surface area contributed by atoms with Gasteiger partial charge in [0.05, 0.1) is 11.4 Å². The van der Waals surface area contributed by atoms with E-state index in [9.17, 15) is 13.6 Å². The number of para-hydroxylation sites is 2. The van der Waals surface area contributed by atoms with Crippen LogP contribution in [0.3, 0.4) is 0 Å². The van der Waals surface area contributed by atoms with Gasteiger partial charge in [-0.05, 0) is 78.7 Å². The lowest BCUT2D eigenvalue weighted by Gasteiger charge is -2.22. The van der Waals surface area contributed by atoms with Crippen molar-refractivity contribution >= 4 is 27.6 Å². The molecule has 2 fully saturated rings. The fraction of sp³-hybridized carbons (Fsp3) is 0.486. The van der Waals surface area contributed by atoms with Gasteiger partial charge in [0, 0.05) is 35.4 Å². The van der Waals surface area contributed by atoms with Crippen molar-refractivity contribution in [2.45, 2.75) is 110 Å². The van der Waals surface area contributed by atoms with Crippen molar-refractivity contribution in [1.82, 2.24) is 39.8 Å². The van der Waals surface area contributed by atoms with Crippen molar-refractivity contribution in [1.29, 1.82) is 0 Å². The van der Waals surface area contributed by atoms with Gasteiger partial charge in [0.2, 0.25) is 11.8 Å². The number of aromatic nitrogens is 8. The molecule has 11 nitrogen and oxygen atoms in total. The molecular weight excluding hydrogens is 642 g/mol. The number of nitrogens with zero attached hydrogens (tertiary/aromatic N) is 8. The number of rotatable bonds is 6.